The highest BCUT2D eigenvalue weighted by Crippen LogP contribution is 2.37. The van der Waals surface area contributed by atoms with E-state index in [1.54, 1.807) is 0 Å². The van der Waals surface area contributed by atoms with Crippen LogP contribution in [0.1, 0.15) is 31.2 Å². The number of carbonyl (C=O) groups is 1. The highest BCUT2D eigenvalue weighted by atomic mass is 16.5. The van der Waals surface area contributed by atoms with Crippen molar-refractivity contribution in [1.29, 1.82) is 0 Å². The van der Waals surface area contributed by atoms with E-state index in [9.17, 15) is 4.79 Å². The minimum Gasteiger partial charge on any atom is -0.483 e. The van der Waals surface area contributed by atoms with Crippen LogP contribution in [0.15, 0.2) is 30.3 Å². The molecule has 2 N–H and O–H groups in total. The van der Waals surface area contributed by atoms with Crippen LogP contribution in [0.4, 0.5) is 0 Å². The normalized spacial score (nSPS) is 35.2. The highest BCUT2D eigenvalue weighted by Gasteiger charge is 2.45. The first-order valence-electron chi connectivity index (χ1n) is 10.6. The molecule has 4 atom stereocenters. The Labute approximate surface area is 166 Å². The second-order valence-electron chi connectivity index (χ2n) is 8.80. The molecule has 4 unspecified atom stereocenters. The van der Waals surface area contributed by atoms with E-state index in [1.807, 2.05) is 18.2 Å². The van der Waals surface area contributed by atoms with Crippen LogP contribution >= 0.6 is 0 Å². The fourth-order valence-corrected chi connectivity index (χ4v) is 5.24. The van der Waals surface area contributed by atoms with Crippen LogP contribution in [0.3, 0.4) is 0 Å². The molecule has 0 bridgehead atoms. The lowest BCUT2D eigenvalue weighted by Gasteiger charge is -2.35. The van der Waals surface area contributed by atoms with Gasteiger partial charge in [0, 0.05) is 43.6 Å². The molecule has 1 amide bonds. The Balaban J connectivity index is 1.27. The topological polar surface area (TPSA) is 56.8 Å². The van der Waals surface area contributed by atoms with Crippen LogP contribution < -0.4 is 15.6 Å². The number of rotatable bonds is 1. The van der Waals surface area contributed by atoms with Gasteiger partial charge in [-0.2, -0.15) is 0 Å². The smallest absolute Gasteiger partial charge is 0.241 e. The number of hydrogen-bond donors (Lipinski definition) is 2. The molecule has 3 saturated heterocycles. The van der Waals surface area contributed by atoms with Crippen LogP contribution in [0.2, 0.25) is 0 Å². The maximum atomic E-state index is 13.3. The molecule has 1 spiro atoms. The van der Waals surface area contributed by atoms with Gasteiger partial charge in [-0.3, -0.25) is 10.2 Å². The number of piperidine rings is 1. The van der Waals surface area contributed by atoms with Gasteiger partial charge in [-0.1, -0.05) is 24.3 Å². The third kappa shape index (κ3) is 3.23. The van der Waals surface area contributed by atoms with Crippen LogP contribution in [0.25, 0.3) is 6.08 Å². The molecule has 3 fully saturated rings. The maximum Gasteiger partial charge on any atom is 0.241 e. The average molecular weight is 383 g/mol. The van der Waals surface area contributed by atoms with E-state index in [4.69, 9.17) is 4.74 Å². The van der Waals surface area contributed by atoms with Crippen LogP contribution in [0, 0.1) is 5.92 Å². The van der Waals surface area contributed by atoms with Crippen molar-refractivity contribution in [2.24, 2.45) is 5.92 Å². The van der Waals surface area contributed by atoms with Gasteiger partial charge in [0.2, 0.25) is 5.91 Å². The summed E-state index contributed by atoms with van der Waals surface area (Å²) in [4.78, 5) is 17.7. The summed E-state index contributed by atoms with van der Waals surface area (Å²) >= 11 is 0. The molecular formula is C22H30N4O2. The minimum absolute atomic E-state index is 0.120. The Morgan fingerprint density at radius 2 is 2.07 bits per heavy atom. The largest absolute Gasteiger partial charge is 0.483 e. The van der Waals surface area contributed by atoms with Gasteiger partial charge in [-0.15, -0.1) is 0 Å². The van der Waals surface area contributed by atoms with Crippen LogP contribution in [-0.4, -0.2) is 66.6 Å². The summed E-state index contributed by atoms with van der Waals surface area (Å²) < 4.78 is 6.43. The molecule has 150 valence electrons. The van der Waals surface area contributed by atoms with Gasteiger partial charge >= 0.3 is 0 Å². The van der Waals surface area contributed by atoms with E-state index in [2.05, 4.69) is 45.9 Å². The Bertz CT molecular complexity index is 782. The Morgan fingerprint density at radius 1 is 1.18 bits per heavy atom. The van der Waals surface area contributed by atoms with Crippen molar-refractivity contribution >= 4 is 12.0 Å². The number of hydrazine groups is 1. The van der Waals surface area contributed by atoms with Gasteiger partial charge in [0.1, 0.15) is 17.4 Å². The molecule has 0 saturated carbocycles. The number of hydrogen-bond acceptors (Lipinski definition) is 5. The van der Waals surface area contributed by atoms with Crippen molar-refractivity contribution in [2.75, 3.05) is 33.2 Å². The van der Waals surface area contributed by atoms with Crippen molar-refractivity contribution < 1.29 is 9.53 Å². The first kappa shape index (κ1) is 18.2. The number of ether oxygens (including phenoxy) is 1. The molecule has 1 aromatic carbocycles. The predicted octanol–water partition coefficient (Wildman–Crippen LogP) is 1.64. The van der Waals surface area contributed by atoms with Crippen molar-refractivity contribution in [3.8, 4) is 5.75 Å². The molecule has 0 radical (unpaired) electrons. The molecule has 6 heteroatoms. The fourth-order valence-electron chi connectivity index (χ4n) is 5.24. The van der Waals surface area contributed by atoms with Crippen LogP contribution in [0.5, 0.6) is 5.75 Å². The summed E-state index contributed by atoms with van der Waals surface area (Å²) in [5, 5.41) is 0. The third-order valence-corrected chi connectivity index (χ3v) is 6.92. The van der Waals surface area contributed by atoms with E-state index >= 15 is 0 Å². The summed E-state index contributed by atoms with van der Waals surface area (Å²) in [5.74, 6) is 1.55. The molecule has 28 heavy (non-hydrogen) atoms. The standard InChI is InChI=1S/C22H30N4O2/c1-25-13-8-18-17(15-25)20(24-23-18)21(27)26-12-4-9-22(11-14-26)10-7-16-5-2-3-6-19(16)28-22/h2-3,5-7,10,17-18,20,23-24H,4,8-9,11-15H2,1H3. The molecule has 4 heterocycles. The lowest BCUT2D eigenvalue weighted by atomic mass is 9.88. The van der Waals surface area contributed by atoms with E-state index in [1.165, 1.54) is 0 Å². The van der Waals surface area contributed by atoms with Gasteiger partial charge in [0.05, 0.1) is 0 Å². The molecule has 0 aromatic heterocycles. The van der Waals surface area contributed by atoms with Crippen molar-refractivity contribution in [3.63, 3.8) is 0 Å². The first-order chi connectivity index (χ1) is 13.6. The quantitative estimate of drug-likeness (QED) is 0.773. The van der Waals surface area contributed by atoms with E-state index < -0.39 is 0 Å². The molecule has 0 aliphatic carbocycles. The van der Waals surface area contributed by atoms with Gasteiger partial charge in [-0.05, 0) is 45.0 Å². The molecule has 6 nitrogen and oxygen atoms in total. The molecule has 5 rings (SSSR count). The summed E-state index contributed by atoms with van der Waals surface area (Å²) in [5.41, 5.74) is 7.54. The lowest BCUT2D eigenvalue weighted by Crippen LogP contribution is -2.51. The zero-order valence-corrected chi connectivity index (χ0v) is 16.6. The molecular weight excluding hydrogens is 352 g/mol. The summed E-state index contributed by atoms with van der Waals surface area (Å²) in [7, 11) is 2.15. The fraction of sp³-hybridized carbons (Fsp3) is 0.591. The Hall–Kier alpha value is -1.89. The van der Waals surface area contributed by atoms with Gasteiger partial charge in [0.25, 0.3) is 0 Å². The SMILES string of the molecule is CN1CCC2NNC(C(=O)N3CCCC4(C=Cc5ccccc5O4)CC3)C2C1. The summed E-state index contributed by atoms with van der Waals surface area (Å²) in [6, 6.07) is 8.48. The second kappa shape index (κ2) is 7.17. The zero-order valence-electron chi connectivity index (χ0n) is 16.6. The zero-order chi connectivity index (χ0) is 19.1. The highest BCUT2D eigenvalue weighted by molar-refractivity contribution is 5.82. The number of benzene rings is 1. The summed E-state index contributed by atoms with van der Waals surface area (Å²) in [6.07, 6.45) is 8.25. The van der Waals surface area contributed by atoms with Crippen molar-refractivity contribution in [3.05, 3.63) is 35.9 Å². The van der Waals surface area contributed by atoms with Crippen molar-refractivity contribution in [1.82, 2.24) is 20.7 Å². The van der Waals surface area contributed by atoms with Crippen LogP contribution in [-0.2, 0) is 4.79 Å². The average Bonchev–Trinajstić information content (AvgIpc) is 3.02. The maximum absolute atomic E-state index is 13.3. The number of nitrogens with one attached hydrogen (secondary N) is 2. The van der Waals surface area contributed by atoms with Gasteiger partial charge < -0.3 is 14.5 Å². The Morgan fingerprint density at radius 3 is 3.00 bits per heavy atom. The van der Waals surface area contributed by atoms with Crippen molar-refractivity contribution in [2.45, 2.75) is 43.4 Å². The number of nitrogens with zero attached hydrogens (tertiary/aromatic N) is 2. The van der Waals surface area contributed by atoms with Gasteiger partial charge in [0.15, 0.2) is 0 Å². The van der Waals surface area contributed by atoms with E-state index in [0.717, 1.165) is 63.2 Å². The second-order valence-corrected chi connectivity index (χ2v) is 8.80. The first-order valence-corrected chi connectivity index (χ1v) is 10.6. The monoisotopic (exact) mass is 382 g/mol. The molecule has 4 aliphatic heterocycles. The lowest BCUT2D eigenvalue weighted by molar-refractivity contribution is -0.134. The number of para-hydroxylation sites is 1. The van der Waals surface area contributed by atoms with E-state index in [-0.39, 0.29) is 17.6 Å². The molecule has 4 aliphatic rings. The molecule has 1 aromatic rings. The van der Waals surface area contributed by atoms with E-state index in [0.29, 0.717) is 12.0 Å². The number of likely N-dealkylation sites (tertiary alicyclic amines) is 2. The van der Waals surface area contributed by atoms with Gasteiger partial charge in [-0.25, -0.2) is 5.43 Å². The number of fused-ring (bicyclic) bond motifs is 2. The predicted molar refractivity (Wildman–Crippen MR) is 109 cm³/mol. The third-order valence-electron chi connectivity index (χ3n) is 6.92. The number of amides is 1. The Kier molecular flexibility index (Phi) is 4.65. The summed E-state index contributed by atoms with van der Waals surface area (Å²) in [6.45, 7) is 3.62. The minimum atomic E-state index is -0.279. The number of carbonyl (C=O) groups excluding carboxylic acids is 1.